The summed E-state index contributed by atoms with van der Waals surface area (Å²) in [6.07, 6.45) is 3.27. The molecule has 0 aliphatic carbocycles. The number of benzene rings is 1. The molecule has 0 saturated heterocycles. The number of unbranched alkanes of at least 4 members (excludes halogenated alkanes) is 1. The molecule has 0 aliphatic heterocycles. The highest BCUT2D eigenvalue weighted by Crippen LogP contribution is 2.22. The summed E-state index contributed by atoms with van der Waals surface area (Å²) >= 11 is 1.66. The van der Waals surface area contributed by atoms with E-state index in [4.69, 9.17) is 4.74 Å². The molecule has 0 radical (unpaired) electrons. The summed E-state index contributed by atoms with van der Waals surface area (Å²) in [6.45, 7) is 3.30. The molecule has 2 aromatic rings. The normalized spacial score (nSPS) is 11.8. The number of rotatable bonds is 9. The number of aromatic nitrogens is 1. The Labute approximate surface area is 162 Å². The molecule has 0 fully saturated rings. The predicted molar refractivity (Wildman–Crippen MR) is 105 cm³/mol. The molecule has 0 spiro atoms. The van der Waals surface area contributed by atoms with Crippen LogP contribution in [0.3, 0.4) is 0 Å². The molecule has 7 nitrogen and oxygen atoms in total. The van der Waals surface area contributed by atoms with Crippen molar-refractivity contribution in [3.8, 4) is 0 Å². The van der Waals surface area contributed by atoms with Crippen LogP contribution >= 0.6 is 11.3 Å². The van der Waals surface area contributed by atoms with Crippen LogP contribution in [0.15, 0.2) is 24.3 Å². The molecule has 0 saturated carbocycles. The van der Waals surface area contributed by atoms with E-state index in [1.54, 1.807) is 11.3 Å². The second-order valence-corrected chi connectivity index (χ2v) is 7.39. The molecule has 1 aromatic heterocycles. The van der Waals surface area contributed by atoms with E-state index >= 15 is 0 Å². The lowest BCUT2D eigenvalue weighted by Gasteiger charge is -2.11. The van der Waals surface area contributed by atoms with Crippen LogP contribution in [0.25, 0.3) is 10.2 Å². The van der Waals surface area contributed by atoms with Crippen LogP contribution in [0.5, 0.6) is 0 Å². The fourth-order valence-electron chi connectivity index (χ4n) is 2.32. The van der Waals surface area contributed by atoms with Crippen LogP contribution < -0.4 is 10.6 Å². The highest BCUT2D eigenvalue weighted by molar-refractivity contribution is 7.18. The Hall–Kier alpha value is -2.48. The van der Waals surface area contributed by atoms with Crippen molar-refractivity contribution in [1.82, 2.24) is 15.6 Å². The van der Waals surface area contributed by atoms with Gasteiger partial charge in [0.15, 0.2) is 6.61 Å². The molecule has 2 N–H and O–H groups in total. The largest absolute Gasteiger partial charge is 0.456 e. The SMILES string of the molecule is CC[C@H](C)NC(=O)NC(=O)COC(=O)CCCCc1nc2ccccc2s1. The van der Waals surface area contributed by atoms with Crippen molar-refractivity contribution in [2.45, 2.75) is 52.0 Å². The molecule has 8 heteroatoms. The number of hydrogen-bond donors (Lipinski definition) is 2. The molecule has 3 amide bonds. The van der Waals surface area contributed by atoms with Gasteiger partial charge in [-0.2, -0.15) is 0 Å². The number of ether oxygens (including phenoxy) is 1. The lowest BCUT2D eigenvalue weighted by molar-refractivity contribution is -0.148. The molecule has 146 valence electrons. The number of amides is 3. The molecule has 0 bridgehead atoms. The van der Waals surface area contributed by atoms with Gasteiger partial charge in [-0.3, -0.25) is 14.9 Å². The van der Waals surface area contributed by atoms with Gasteiger partial charge in [0.05, 0.1) is 15.2 Å². The maximum Gasteiger partial charge on any atom is 0.321 e. The lowest BCUT2D eigenvalue weighted by Crippen LogP contribution is -2.44. The first kappa shape index (κ1) is 20.8. The number of aryl methyl sites for hydroxylation is 1. The number of carbonyl (C=O) groups excluding carboxylic acids is 3. The van der Waals surface area contributed by atoms with Gasteiger partial charge in [0.1, 0.15) is 0 Å². The standard InChI is InChI=1S/C19H25N3O4S/c1-3-13(2)20-19(25)22-16(23)12-26-18(24)11-7-6-10-17-21-14-8-4-5-9-15(14)27-17/h4-5,8-9,13H,3,6-7,10-12H2,1-2H3,(H2,20,22,23,25)/t13-/m0/s1. The Morgan fingerprint density at radius 2 is 2.00 bits per heavy atom. The van der Waals surface area contributed by atoms with E-state index in [1.165, 1.54) is 0 Å². The Morgan fingerprint density at radius 1 is 1.22 bits per heavy atom. The van der Waals surface area contributed by atoms with E-state index in [0.29, 0.717) is 6.42 Å². The molecule has 27 heavy (non-hydrogen) atoms. The molecule has 1 heterocycles. The highest BCUT2D eigenvalue weighted by Gasteiger charge is 2.12. The zero-order valence-electron chi connectivity index (χ0n) is 15.6. The number of fused-ring (bicyclic) bond motifs is 1. The van der Waals surface area contributed by atoms with E-state index < -0.39 is 24.5 Å². The zero-order valence-corrected chi connectivity index (χ0v) is 16.4. The summed E-state index contributed by atoms with van der Waals surface area (Å²) in [5.74, 6) is -1.09. The fraction of sp³-hybridized carbons (Fsp3) is 0.474. The number of para-hydroxylation sites is 1. The van der Waals surface area contributed by atoms with Crippen molar-refractivity contribution in [1.29, 1.82) is 0 Å². The minimum Gasteiger partial charge on any atom is -0.456 e. The maximum atomic E-state index is 11.7. The monoisotopic (exact) mass is 391 g/mol. The molecular formula is C19H25N3O4S. The van der Waals surface area contributed by atoms with Crippen LogP contribution in [0.4, 0.5) is 4.79 Å². The van der Waals surface area contributed by atoms with Crippen LogP contribution in [0, 0.1) is 0 Å². The minimum absolute atomic E-state index is 0.0317. The number of imide groups is 1. The molecule has 0 unspecified atom stereocenters. The minimum atomic E-state index is -0.640. The van der Waals surface area contributed by atoms with E-state index in [0.717, 1.165) is 34.5 Å². The Kier molecular flexibility index (Phi) is 8.19. The average Bonchev–Trinajstić information content (AvgIpc) is 3.06. The number of urea groups is 1. The number of carbonyl (C=O) groups is 3. The van der Waals surface area contributed by atoms with Gasteiger partial charge in [-0.25, -0.2) is 9.78 Å². The van der Waals surface area contributed by atoms with Crippen molar-refractivity contribution in [2.75, 3.05) is 6.61 Å². The third kappa shape index (κ3) is 7.34. The first-order chi connectivity index (χ1) is 13.0. The van der Waals surface area contributed by atoms with Crippen molar-refractivity contribution in [3.05, 3.63) is 29.3 Å². The Morgan fingerprint density at radius 3 is 2.74 bits per heavy atom. The van der Waals surface area contributed by atoms with Gasteiger partial charge >= 0.3 is 12.0 Å². The highest BCUT2D eigenvalue weighted by atomic mass is 32.1. The van der Waals surface area contributed by atoms with Crippen LogP contribution in [-0.2, 0) is 20.7 Å². The van der Waals surface area contributed by atoms with Crippen molar-refractivity contribution in [2.24, 2.45) is 0 Å². The van der Waals surface area contributed by atoms with Crippen LogP contribution in [0.1, 0.15) is 44.5 Å². The topological polar surface area (TPSA) is 97.4 Å². The van der Waals surface area contributed by atoms with Gasteiger partial charge in [-0.1, -0.05) is 19.1 Å². The number of nitrogens with zero attached hydrogens (tertiary/aromatic N) is 1. The van der Waals surface area contributed by atoms with Gasteiger partial charge in [0.25, 0.3) is 5.91 Å². The van der Waals surface area contributed by atoms with E-state index in [1.807, 2.05) is 38.1 Å². The summed E-state index contributed by atoms with van der Waals surface area (Å²) in [6, 6.07) is 7.37. The van der Waals surface area contributed by atoms with E-state index in [2.05, 4.69) is 15.6 Å². The maximum absolute atomic E-state index is 11.7. The van der Waals surface area contributed by atoms with Crippen molar-refractivity contribution >= 4 is 39.5 Å². The van der Waals surface area contributed by atoms with Gasteiger partial charge in [-0.15, -0.1) is 11.3 Å². The number of hydrogen-bond acceptors (Lipinski definition) is 6. The second-order valence-electron chi connectivity index (χ2n) is 6.27. The van der Waals surface area contributed by atoms with Crippen molar-refractivity contribution < 1.29 is 19.1 Å². The second kappa shape index (κ2) is 10.6. The third-order valence-corrected chi connectivity index (χ3v) is 5.06. The molecule has 1 aromatic carbocycles. The Bertz CT molecular complexity index is 757. The van der Waals surface area contributed by atoms with Gasteiger partial charge in [-0.05, 0) is 44.7 Å². The van der Waals surface area contributed by atoms with Gasteiger partial charge in [0.2, 0.25) is 0 Å². The van der Waals surface area contributed by atoms with Crippen molar-refractivity contribution in [3.63, 3.8) is 0 Å². The summed E-state index contributed by atoms with van der Waals surface area (Å²) in [5.41, 5.74) is 1.00. The fourth-order valence-corrected chi connectivity index (χ4v) is 3.32. The molecule has 1 atom stereocenters. The van der Waals surface area contributed by atoms with Gasteiger partial charge in [0, 0.05) is 12.5 Å². The zero-order chi connectivity index (χ0) is 19.6. The average molecular weight is 391 g/mol. The predicted octanol–water partition coefficient (Wildman–Crippen LogP) is 3.18. The van der Waals surface area contributed by atoms with Crippen LogP contribution in [0.2, 0.25) is 0 Å². The number of thiazole rings is 1. The van der Waals surface area contributed by atoms with E-state index in [-0.39, 0.29) is 12.5 Å². The first-order valence-electron chi connectivity index (χ1n) is 9.08. The quantitative estimate of drug-likeness (QED) is 0.505. The molecule has 2 rings (SSSR count). The lowest BCUT2D eigenvalue weighted by atomic mass is 10.2. The van der Waals surface area contributed by atoms with Gasteiger partial charge < -0.3 is 10.1 Å². The smallest absolute Gasteiger partial charge is 0.321 e. The summed E-state index contributed by atoms with van der Waals surface area (Å²) in [4.78, 5) is 39.3. The molecular weight excluding hydrogens is 366 g/mol. The first-order valence-corrected chi connectivity index (χ1v) is 9.90. The summed E-state index contributed by atoms with van der Waals surface area (Å²) in [5, 5.41) is 5.78. The Balaban J connectivity index is 1.59. The summed E-state index contributed by atoms with van der Waals surface area (Å²) < 4.78 is 6.05. The number of esters is 1. The third-order valence-electron chi connectivity index (χ3n) is 3.97. The number of nitrogens with one attached hydrogen (secondary N) is 2. The summed E-state index contributed by atoms with van der Waals surface area (Å²) in [7, 11) is 0. The van der Waals surface area contributed by atoms with Crippen LogP contribution in [-0.4, -0.2) is 35.5 Å². The van der Waals surface area contributed by atoms with E-state index in [9.17, 15) is 14.4 Å². The molecule has 0 aliphatic rings.